The summed E-state index contributed by atoms with van der Waals surface area (Å²) in [6.07, 6.45) is -5.01. The van der Waals surface area contributed by atoms with Crippen LogP contribution < -0.4 is 15.6 Å². The molecule has 0 aromatic rings. The fourth-order valence-electron chi connectivity index (χ4n) is 0.348. The molecule has 0 bridgehead atoms. The summed E-state index contributed by atoms with van der Waals surface area (Å²) in [6.45, 7) is 1.74. The first-order valence-corrected chi connectivity index (χ1v) is 4.41. The second kappa shape index (κ2) is 5.58. The van der Waals surface area contributed by atoms with E-state index in [4.69, 9.17) is 0 Å². The van der Waals surface area contributed by atoms with Gasteiger partial charge in [0, 0.05) is 5.75 Å². The van der Waals surface area contributed by atoms with Gasteiger partial charge in [-0.05, 0) is 11.9 Å². The Kier molecular flexibility index (Phi) is 5.13. The Hall–Kier alpha value is -1.12. The normalized spacial score (nSPS) is 10.6. The van der Waals surface area contributed by atoms with Gasteiger partial charge in [-0.3, -0.25) is 14.9 Å². The molecule has 5 nitrogen and oxygen atoms in total. The fraction of sp³-hybridized carbons (Fsp3) is 0.600. The first kappa shape index (κ1) is 12.9. The average molecular weight is 231 g/mol. The maximum atomic E-state index is 11.6. The molecule has 0 aliphatic carbocycles. The molecule has 0 unspecified atom stereocenters. The monoisotopic (exact) mass is 231 g/mol. The molecule has 0 atom stereocenters. The minimum atomic E-state index is -5.01. The van der Waals surface area contributed by atoms with Crippen LogP contribution in [0.25, 0.3) is 0 Å². The lowest BCUT2D eigenvalue weighted by molar-refractivity contribution is -0.174. The van der Waals surface area contributed by atoms with Crippen LogP contribution in [-0.2, 0) is 4.79 Å². The number of rotatable bonds is 2. The molecule has 82 valence electrons. The standard InChI is InChI=1S/C5H8F3N3O2S/c1-2-14-11-4(13)10-9-3(12)5(6,7)8/h2H2,1H3,(H,9,12)(H2,10,11,13). The van der Waals surface area contributed by atoms with E-state index < -0.39 is 18.1 Å². The largest absolute Gasteiger partial charge is 0.472 e. The number of urea groups is 1. The van der Waals surface area contributed by atoms with E-state index in [-0.39, 0.29) is 0 Å². The number of halogens is 3. The molecule has 0 fully saturated rings. The second-order valence-corrected chi connectivity index (χ2v) is 3.01. The molecule has 0 saturated heterocycles. The first-order valence-electron chi connectivity index (χ1n) is 3.43. The van der Waals surface area contributed by atoms with Crippen LogP contribution in [0.3, 0.4) is 0 Å². The minimum absolute atomic E-state index is 0.556. The van der Waals surface area contributed by atoms with E-state index >= 15 is 0 Å². The van der Waals surface area contributed by atoms with Crippen LogP contribution in [0.1, 0.15) is 6.92 Å². The molecule has 0 aliphatic rings. The predicted molar refractivity (Wildman–Crippen MR) is 44.0 cm³/mol. The Morgan fingerprint density at radius 3 is 2.29 bits per heavy atom. The van der Waals surface area contributed by atoms with Gasteiger partial charge in [0.2, 0.25) is 0 Å². The molecule has 0 spiro atoms. The van der Waals surface area contributed by atoms with Gasteiger partial charge in [-0.15, -0.1) is 0 Å². The Morgan fingerprint density at radius 2 is 1.86 bits per heavy atom. The topological polar surface area (TPSA) is 70.2 Å². The van der Waals surface area contributed by atoms with Crippen molar-refractivity contribution in [2.24, 2.45) is 0 Å². The van der Waals surface area contributed by atoms with E-state index in [2.05, 4.69) is 4.72 Å². The van der Waals surface area contributed by atoms with Gasteiger partial charge in [0.05, 0.1) is 0 Å². The van der Waals surface area contributed by atoms with Gasteiger partial charge in [-0.2, -0.15) is 13.2 Å². The lowest BCUT2D eigenvalue weighted by Crippen LogP contribution is -2.50. The van der Waals surface area contributed by atoms with E-state index in [1.807, 2.05) is 0 Å². The number of carbonyl (C=O) groups is 2. The zero-order valence-corrected chi connectivity index (χ0v) is 7.88. The number of amides is 3. The maximum Gasteiger partial charge on any atom is 0.472 e. The van der Waals surface area contributed by atoms with Crippen molar-refractivity contribution in [3.63, 3.8) is 0 Å². The Morgan fingerprint density at radius 1 is 1.29 bits per heavy atom. The number of alkyl halides is 3. The van der Waals surface area contributed by atoms with Crippen LogP contribution in [0.5, 0.6) is 0 Å². The van der Waals surface area contributed by atoms with Crippen LogP contribution in [0.4, 0.5) is 18.0 Å². The van der Waals surface area contributed by atoms with E-state index in [1.165, 1.54) is 10.9 Å². The van der Waals surface area contributed by atoms with Crippen molar-refractivity contribution < 1.29 is 22.8 Å². The molecule has 3 N–H and O–H groups in total. The molecule has 9 heteroatoms. The number of hydrogen-bond acceptors (Lipinski definition) is 3. The van der Waals surface area contributed by atoms with Gasteiger partial charge in [0.15, 0.2) is 0 Å². The third-order valence-electron chi connectivity index (χ3n) is 0.856. The summed E-state index contributed by atoms with van der Waals surface area (Å²) in [6, 6.07) is -0.922. The number of hydrazine groups is 1. The number of hydrogen-bond donors (Lipinski definition) is 3. The van der Waals surface area contributed by atoms with E-state index in [9.17, 15) is 22.8 Å². The molecule has 14 heavy (non-hydrogen) atoms. The molecule has 0 radical (unpaired) electrons. The summed E-state index contributed by atoms with van der Waals surface area (Å²) in [7, 11) is 0. The van der Waals surface area contributed by atoms with Crippen molar-refractivity contribution in [2.45, 2.75) is 13.1 Å². The molecular formula is C5H8F3N3O2S. The Bertz CT molecular complexity index is 221. The number of carbonyl (C=O) groups excluding carboxylic acids is 2. The van der Waals surface area contributed by atoms with Gasteiger partial charge >= 0.3 is 18.1 Å². The molecule has 0 aromatic heterocycles. The molecule has 0 aliphatic heterocycles. The zero-order chi connectivity index (χ0) is 11.2. The Balaban J connectivity index is 3.73. The van der Waals surface area contributed by atoms with E-state index in [0.717, 1.165) is 11.9 Å². The van der Waals surface area contributed by atoms with Gasteiger partial charge in [-0.25, -0.2) is 10.2 Å². The summed E-state index contributed by atoms with van der Waals surface area (Å²) >= 11 is 0.981. The molecule has 0 rings (SSSR count). The minimum Gasteiger partial charge on any atom is -0.280 e. The molecule has 0 aromatic carbocycles. The molecule has 0 heterocycles. The molecule has 0 saturated carbocycles. The van der Waals surface area contributed by atoms with Crippen LogP contribution in [-0.4, -0.2) is 23.9 Å². The van der Waals surface area contributed by atoms with E-state index in [0.29, 0.717) is 5.75 Å². The van der Waals surface area contributed by atoms with Crippen LogP contribution >= 0.6 is 11.9 Å². The van der Waals surface area contributed by atoms with Crippen molar-refractivity contribution in [3.8, 4) is 0 Å². The SMILES string of the molecule is CCSNC(=O)NNC(=O)C(F)(F)F. The summed E-state index contributed by atoms with van der Waals surface area (Å²) < 4.78 is 36.8. The summed E-state index contributed by atoms with van der Waals surface area (Å²) in [4.78, 5) is 20.8. The third kappa shape index (κ3) is 5.51. The summed E-state index contributed by atoms with van der Waals surface area (Å²) in [5, 5.41) is 0. The molecule has 3 amide bonds. The van der Waals surface area contributed by atoms with Gasteiger partial charge in [-0.1, -0.05) is 6.92 Å². The highest BCUT2D eigenvalue weighted by molar-refractivity contribution is 7.97. The predicted octanol–water partition coefficient (Wildman–Crippen LogP) is 0.547. The van der Waals surface area contributed by atoms with Crippen molar-refractivity contribution in [3.05, 3.63) is 0 Å². The van der Waals surface area contributed by atoms with Crippen molar-refractivity contribution in [1.29, 1.82) is 0 Å². The van der Waals surface area contributed by atoms with Gasteiger partial charge in [0.25, 0.3) is 0 Å². The summed E-state index contributed by atoms with van der Waals surface area (Å²) in [5.74, 6) is -1.67. The quantitative estimate of drug-likeness (QED) is 0.480. The highest BCUT2D eigenvalue weighted by Gasteiger charge is 2.38. The highest BCUT2D eigenvalue weighted by Crippen LogP contribution is 2.13. The van der Waals surface area contributed by atoms with Crippen LogP contribution in [0.2, 0.25) is 0 Å². The number of nitrogens with one attached hydrogen (secondary N) is 3. The fourth-order valence-corrected chi connectivity index (χ4v) is 0.674. The highest BCUT2D eigenvalue weighted by atomic mass is 32.2. The van der Waals surface area contributed by atoms with Crippen molar-refractivity contribution >= 4 is 23.9 Å². The zero-order valence-electron chi connectivity index (χ0n) is 7.07. The second-order valence-electron chi connectivity index (χ2n) is 1.94. The van der Waals surface area contributed by atoms with Gasteiger partial charge < -0.3 is 0 Å². The van der Waals surface area contributed by atoms with Crippen molar-refractivity contribution in [1.82, 2.24) is 15.6 Å². The maximum absolute atomic E-state index is 11.6. The van der Waals surface area contributed by atoms with Crippen LogP contribution in [0.15, 0.2) is 0 Å². The lowest BCUT2D eigenvalue weighted by Gasteiger charge is -2.09. The van der Waals surface area contributed by atoms with Gasteiger partial charge in [0.1, 0.15) is 0 Å². The average Bonchev–Trinajstić information content (AvgIpc) is 2.09. The Labute approximate surface area is 81.9 Å². The smallest absolute Gasteiger partial charge is 0.280 e. The summed E-state index contributed by atoms with van der Waals surface area (Å²) in [5.41, 5.74) is 2.73. The third-order valence-corrected chi connectivity index (χ3v) is 1.47. The lowest BCUT2D eigenvalue weighted by atomic mass is 10.6. The van der Waals surface area contributed by atoms with Crippen molar-refractivity contribution in [2.75, 3.05) is 5.75 Å². The molecular weight excluding hydrogens is 223 g/mol. The van der Waals surface area contributed by atoms with E-state index in [1.54, 1.807) is 6.92 Å². The van der Waals surface area contributed by atoms with Crippen LogP contribution in [0, 0.1) is 0 Å². The first-order chi connectivity index (χ1) is 6.38.